The highest BCUT2D eigenvalue weighted by Crippen LogP contribution is 2.11. The topological polar surface area (TPSA) is 35.1 Å². The van der Waals surface area contributed by atoms with Gasteiger partial charge in [-0.2, -0.15) is 0 Å². The molecule has 1 saturated heterocycles. The number of ether oxygens (including phenoxy) is 2. The van der Waals surface area contributed by atoms with E-state index in [4.69, 9.17) is 9.47 Å². The molecule has 1 aliphatic rings. The lowest BCUT2D eigenvalue weighted by Gasteiger charge is -2.08. The van der Waals surface area contributed by atoms with Crippen molar-refractivity contribution in [2.45, 2.75) is 25.4 Å². The van der Waals surface area contributed by atoms with Crippen LogP contribution in [-0.4, -0.2) is 32.9 Å². The lowest BCUT2D eigenvalue weighted by Crippen LogP contribution is -2.86. The minimum atomic E-state index is 0.492. The standard InChI is InChI=1S/C14H21NO2/c1-16-13-6-4-12(5-7-13)8-9-15-11-14-3-2-10-17-14/h4-7,14-15H,2-3,8-11H2,1H3/p+1/t14-/m0/s1. The Bertz CT molecular complexity index is 317. The van der Waals surface area contributed by atoms with Crippen LogP contribution in [0.15, 0.2) is 24.3 Å². The van der Waals surface area contributed by atoms with Crippen molar-refractivity contribution < 1.29 is 14.8 Å². The molecule has 0 aromatic heterocycles. The molecule has 1 aromatic carbocycles. The van der Waals surface area contributed by atoms with E-state index in [0.29, 0.717) is 6.10 Å². The van der Waals surface area contributed by atoms with E-state index >= 15 is 0 Å². The third-order valence-corrected chi connectivity index (χ3v) is 3.25. The van der Waals surface area contributed by atoms with E-state index < -0.39 is 0 Å². The molecule has 0 amide bonds. The van der Waals surface area contributed by atoms with Gasteiger partial charge in [-0.25, -0.2) is 0 Å². The van der Waals surface area contributed by atoms with E-state index in [1.165, 1.54) is 18.4 Å². The summed E-state index contributed by atoms with van der Waals surface area (Å²) in [5.74, 6) is 0.928. The Morgan fingerprint density at radius 1 is 1.35 bits per heavy atom. The molecule has 0 radical (unpaired) electrons. The first-order valence-corrected chi connectivity index (χ1v) is 6.44. The van der Waals surface area contributed by atoms with Crippen LogP contribution in [0.3, 0.4) is 0 Å². The van der Waals surface area contributed by atoms with E-state index in [0.717, 1.165) is 31.9 Å². The molecule has 3 heteroatoms. The van der Waals surface area contributed by atoms with Gasteiger partial charge in [0.2, 0.25) is 0 Å². The molecule has 1 aromatic rings. The summed E-state index contributed by atoms with van der Waals surface area (Å²) in [4.78, 5) is 0. The van der Waals surface area contributed by atoms with Gasteiger partial charge in [0.15, 0.2) is 0 Å². The quantitative estimate of drug-likeness (QED) is 0.747. The van der Waals surface area contributed by atoms with Crippen molar-refractivity contribution >= 4 is 0 Å². The number of benzene rings is 1. The second kappa shape index (κ2) is 6.62. The van der Waals surface area contributed by atoms with E-state index in [1.807, 2.05) is 12.1 Å². The van der Waals surface area contributed by atoms with Gasteiger partial charge in [-0.3, -0.25) is 0 Å². The van der Waals surface area contributed by atoms with Crippen LogP contribution in [0.1, 0.15) is 18.4 Å². The largest absolute Gasteiger partial charge is 0.497 e. The summed E-state index contributed by atoms with van der Waals surface area (Å²) in [7, 11) is 1.70. The fraction of sp³-hybridized carbons (Fsp3) is 0.571. The molecule has 0 bridgehead atoms. The number of hydrogen-bond donors (Lipinski definition) is 1. The van der Waals surface area contributed by atoms with Crippen molar-refractivity contribution in [1.82, 2.24) is 0 Å². The summed E-state index contributed by atoms with van der Waals surface area (Å²) in [6, 6.07) is 8.32. The zero-order valence-corrected chi connectivity index (χ0v) is 10.5. The van der Waals surface area contributed by atoms with Gasteiger partial charge >= 0.3 is 0 Å². The molecule has 94 valence electrons. The van der Waals surface area contributed by atoms with Gasteiger partial charge in [-0.15, -0.1) is 0 Å². The van der Waals surface area contributed by atoms with Crippen molar-refractivity contribution in [3.8, 4) is 5.75 Å². The molecule has 1 heterocycles. The second-order valence-corrected chi connectivity index (χ2v) is 4.55. The molecule has 1 aliphatic heterocycles. The Kier molecular flexibility index (Phi) is 4.83. The third kappa shape index (κ3) is 4.02. The predicted octanol–water partition coefficient (Wildman–Crippen LogP) is 0.980. The van der Waals surface area contributed by atoms with Crippen LogP contribution in [0.25, 0.3) is 0 Å². The number of rotatable bonds is 6. The monoisotopic (exact) mass is 236 g/mol. The van der Waals surface area contributed by atoms with Gasteiger partial charge < -0.3 is 14.8 Å². The molecular formula is C14H22NO2+. The molecule has 0 unspecified atom stereocenters. The summed E-state index contributed by atoms with van der Waals surface area (Å²) in [5.41, 5.74) is 1.37. The fourth-order valence-electron chi connectivity index (χ4n) is 2.19. The summed E-state index contributed by atoms with van der Waals surface area (Å²) < 4.78 is 10.7. The summed E-state index contributed by atoms with van der Waals surface area (Å²) >= 11 is 0. The van der Waals surface area contributed by atoms with Crippen molar-refractivity contribution in [3.05, 3.63) is 29.8 Å². The predicted molar refractivity (Wildman–Crippen MR) is 67.3 cm³/mol. The van der Waals surface area contributed by atoms with E-state index in [-0.39, 0.29) is 0 Å². The van der Waals surface area contributed by atoms with Crippen LogP contribution in [0.5, 0.6) is 5.75 Å². The Morgan fingerprint density at radius 3 is 2.82 bits per heavy atom. The van der Waals surface area contributed by atoms with Crippen LogP contribution < -0.4 is 10.1 Å². The number of quaternary nitrogens is 1. The summed E-state index contributed by atoms with van der Waals surface area (Å²) in [6.07, 6.45) is 4.07. The van der Waals surface area contributed by atoms with Crippen molar-refractivity contribution in [3.63, 3.8) is 0 Å². The normalized spacial score (nSPS) is 19.5. The Labute approximate surface area is 103 Å². The molecule has 1 atom stereocenters. The Hall–Kier alpha value is -1.06. The molecule has 0 aliphatic carbocycles. The van der Waals surface area contributed by atoms with Crippen LogP contribution >= 0.6 is 0 Å². The number of nitrogens with two attached hydrogens (primary N) is 1. The number of hydrogen-bond acceptors (Lipinski definition) is 2. The average Bonchev–Trinajstić information content (AvgIpc) is 2.88. The molecular weight excluding hydrogens is 214 g/mol. The van der Waals surface area contributed by atoms with Crippen LogP contribution in [0.4, 0.5) is 0 Å². The first-order chi connectivity index (χ1) is 8.38. The van der Waals surface area contributed by atoms with Crippen molar-refractivity contribution in [2.24, 2.45) is 0 Å². The smallest absolute Gasteiger partial charge is 0.118 e. The van der Waals surface area contributed by atoms with Crippen LogP contribution in [0.2, 0.25) is 0 Å². The molecule has 2 N–H and O–H groups in total. The van der Waals surface area contributed by atoms with E-state index in [2.05, 4.69) is 17.4 Å². The fourth-order valence-corrected chi connectivity index (χ4v) is 2.19. The molecule has 3 nitrogen and oxygen atoms in total. The number of methoxy groups -OCH3 is 1. The Balaban J connectivity index is 1.63. The van der Waals surface area contributed by atoms with Gasteiger partial charge in [0, 0.05) is 13.0 Å². The van der Waals surface area contributed by atoms with Gasteiger partial charge in [-0.05, 0) is 30.5 Å². The van der Waals surface area contributed by atoms with Crippen molar-refractivity contribution in [1.29, 1.82) is 0 Å². The van der Waals surface area contributed by atoms with Gasteiger partial charge in [0.05, 0.1) is 13.7 Å². The Morgan fingerprint density at radius 2 is 2.18 bits per heavy atom. The lowest BCUT2D eigenvalue weighted by molar-refractivity contribution is -0.660. The third-order valence-electron chi connectivity index (χ3n) is 3.25. The molecule has 17 heavy (non-hydrogen) atoms. The van der Waals surface area contributed by atoms with Crippen molar-refractivity contribution in [2.75, 3.05) is 26.8 Å². The summed E-state index contributed by atoms with van der Waals surface area (Å²) in [6.45, 7) is 3.19. The van der Waals surface area contributed by atoms with Gasteiger partial charge in [0.1, 0.15) is 18.4 Å². The molecule has 2 rings (SSSR count). The zero-order valence-electron chi connectivity index (χ0n) is 10.5. The highest BCUT2D eigenvalue weighted by Gasteiger charge is 2.16. The minimum absolute atomic E-state index is 0.492. The van der Waals surface area contributed by atoms with E-state index in [1.54, 1.807) is 7.11 Å². The second-order valence-electron chi connectivity index (χ2n) is 4.55. The van der Waals surface area contributed by atoms with Crippen LogP contribution in [0, 0.1) is 0 Å². The highest BCUT2D eigenvalue weighted by atomic mass is 16.5. The highest BCUT2D eigenvalue weighted by molar-refractivity contribution is 5.27. The molecule has 0 spiro atoms. The van der Waals surface area contributed by atoms with Gasteiger partial charge in [0.25, 0.3) is 0 Å². The maximum Gasteiger partial charge on any atom is 0.118 e. The minimum Gasteiger partial charge on any atom is -0.497 e. The molecule has 0 saturated carbocycles. The SMILES string of the molecule is COc1ccc(CC[NH2+]C[C@@H]2CCCO2)cc1. The lowest BCUT2D eigenvalue weighted by atomic mass is 10.1. The van der Waals surface area contributed by atoms with Gasteiger partial charge in [-0.1, -0.05) is 12.1 Å². The first-order valence-electron chi connectivity index (χ1n) is 6.44. The first kappa shape index (κ1) is 12.4. The average molecular weight is 236 g/mol. The zero-order chi connectivity index (χ0) is 11.9. The van der Waals surface area contributed by atoms with Crippen LogP contribution in [-0.2, 0) is 11.2 Å². The summed E-state index contributed by atoms with van der Waals surface area (Å²) in [5, 5.41) is 2.36. The molecule has 1 fully saturated rings. The van der Waals surface area contributed by atoms with E-state index in [9.17, 15) is 0 Å². The maximum absolute atomic E-state index is 5.59. The maximum atomic E-state index is 5.59.